The number of aliphatic hydroxyl groups excluding tert-OH is 4. The first kappa shape index (κ1) is 22.1. The lowest BCUT2D eigenvalue weighted by atomic mass is 9.88. The number of allylic oxidation sites excluding steroid dienone is 2. The van der Waals surface area contributed by atoms with E-state index in [9.17, 15) is 25.2 Å². The molecular formula is C21H30O8. The van der Waals surface area contributed by atoms with Crippen molar-refractivity contribution in [3.8, 4) is 0 Å². The molecule has 4 N–H and O–H groups in total. The molecule has 29 heavy (non-hydrogen) atoms. The first-order chi connectivity index (χ1) is 13.8. The molecule has 3 aliphatic rings. The molecule has 2 saturated heterocycles. The van der Waals surface area contributed by atoms with Gasteiger partial charge in [0.1, 0.15) is 30.5 Å². The lowest BCUT2D eigenvalue weighted by molar-refractivity contribution is -0.299. The number of ether oxygens (including phenoxy) is 3. The van der Waals surface area contributed by atoms with E-state index in [1.807, 2.05) is 6.08 Å². The van der Waals surface area contributed by atoms with Gasteiger partial charge in [-0.2, -0.15) is 0 Å². The monoisotopic (exact) mass is 410 g/mol. The highest BCUT2D eigenvalue weighted by Crippen LogP contribution is 2.34. The molecule has 0 bridgehead atoms. The van der Waals surface area contributed by atoms with Crippen LogP contribution in [0.4, 0.5) is 0 Å². The number of hydrogen-bond donors (Lipinski definition) is 4. The van der Waals surface area contributed by atoms with Gasteiger partial charge in [-0.15, -0.1) is 0 Å². The molecule has 7 atom stereocenters. The Morgan fingerprint density at radius 1 is 1.21 bits per heavy atom. The summed E-state index contributed by atoms with van der Waals surface area (Å²) in [5.74, 6) is -0.474. The Kier molecular flexibility index (Phi) is 7.26. The van der Waals surface area contributed by atoms with Crippen LogP contribution in [-0.2, 0) is 19.0 Å². The SMILES string of the molecule is C=C1C(=O)O[C@@H]2/C=C(\CO[C@@H]3O[C@H](CO)[C@@H](O)[C@H](O)[C@H]3O)CC/C=C(\C)CC[C@H]12. The molecule has 8 nitrogen and oxygen atoms in total. The van der Waals surface area contributed by atoms with Crippen LogP contribution in [0.15, 0.2) is 35.5 Å². The maximum absolute atomic E-state index is 12.0. The molecule has 0 aromatic heterocycles. The summed E-state index contributed by atoms with van der Waals surface area (Å²) in [7, 11) is 0. The van der Waals surface area contributed by atoms with Crippen molar-refractivity contribution in [1.82, 2.24) is 0 Å². The molecule has 162 valence electrons. The summed E-state index contributed by atoms with van der Waals surface area (Å²) in [6.45, 7) is 5.51. The molecular weight excluding hydrogens is 380 g/mol. The van der Waals surface area contributed by atoms with E-state index in [2.05, 4.69) is 19.6 Å². The van der Waals surface area contributed by atoms with E-state index in [1.54, 1.807) is 0 Å². The average Bonchev–Trinajstić information content (AvgIpc) is 2.96. The van der Waals surface area contributed by atoms with Crippen LogP contribution in [0.1, 0.15) is 32.6 Å². The van der Waals surface area contributed by atoms with E-state index in [0.717, 1.165) is 24.8 Å². The van der Waals surface area contributed by atoms with Crippen LogP contribution in [0.5, 0.6) is 0 Å². The predicted molar refractivity (Wildman–Crippen MR) is 103 cm³/mol. The van der Waals surface area contributed by atoms with E-state index in [-0.39, 0.29) is 18.5 Å². The largest absolute Gasteiger partial charge is 0.454 e. The van der Waals surface area contributed by atoms with Gasteiger partial charge in [0.2, 0.25) is 0 Å². The molecule has 0 radical (unpaired) electrons. The van der Waals surface area contributed by atoms with Crippen molar-refractivity contribution < 1.29 is 39.4 Å². The van der Waals surface area contributed by atoms with Crippen molar-refractivity contribution >= 4 is 5.97 Å². The normalized spacial score (nSPS) is 42.3. The number of rotatable bonds is 4. The summed E-state index contributed by atoms with van der Waals surface area (Å²) in [5, 5.41) is 39.2. The number of carbonyl (C=O) groups excluding carboxylic acids is 1. The van der Waals surface area contributed by atoms with Crippen LogP contribution in [-0.4, -0.2) is 76.4 Å². The lowest BCUT2D eigenvalue weighted by Crippen LogP contribution is -2.59. The molecule has 0 aromatic carbocycles. The minimum Gasteiger partial charge on any atom is -0.454 e. The molecule has 0 saturated carbocycles. The van der Waals surface area contributed by atoms with Gasteiger partial charge in [-0.25, -0.2) is 4.79 Å². The van der Waals surface area contributed by atoms with Crippen LogP contribution < -0.4 is 0 Å². The first-order valence-corrected chi connectivity index (χ1v) is 9.99. The Bertz CT molecular complexity index is 682. The second-order valence-corrected chi connectivity index (χ2v) is 7.96. The minimum atomic E-state index is -1.49. The molecule has 2 fully saturated rings. The second-order valence-electron chi connectivity index (χ2n) is 7.96. The van der Waals surface area contributed by atoms with Crippen LogP contribution in [0.2, 0.25) is 0 Å². The highest BCUT2D eigenvalue weighted by molar-refractivity contribution is 5.91. The van der Waals surface area contributed by atoms with Crippen LogP contribution in [0.25, 0.3) is 0 Å². The summed E-state index contributed by atoms with van der Waals surface area (Å²) in [6, 6.07) is 0. The fourth-order valence-electron chi connectivity index (χ4n) is 3.94. The van der Waals surface area contributed by atoms with Gasteiger partial charge in [-0.3, -0.25) is 0 Å². The summed E-state index contributed by atoms with van der Waals surface area (Å²) in [6.07, 6.45) is 0.142. The van der Waals surface area contributed by atoms with E-state index in [0.29, 0.717) is 12.0 Å². The third-order valence-electron chi connectivity index (χ3n) is 5.84. The number of carbonyl (C=O) groups is 1. The number of aliphatic hydroxyl groups is 4. The zero-order valence-electron chi connectivity index (χ0n) is 16.6. The van der Waals surface area contributed by atoms with Crippen LogP contribution in [0.3, 0.4) is 0 Å². The fourth-order valence-corrected chi connectivity index (χ4v) is 3.94. The summed E-state index contributed by atoms with van der Waals surface area (Å²) < 4.78 is 16.5. The smallest absolute Gasteiger partial charge is 0.334 e. The fraction of sp³-hybridized carbons (Fsp3) is 0.667. The van der Waals surface area contributed by atoms with Gasteiger partial charge < -0.3 is 34.6 Å². The summed E-state index contributed by atoms with van der Waals surface area (Å²) >= 11 is 0. The quantitative estimate of drug-likeness (QED) is 0.297. The van der Waals surface area contributed by atoms with Crippen LogP contribution >= 0.6 is 0 Å². The Morgan fingerprint density at radius 3 is 2.69 bits per heavy atom. The predicted octanol–water partition coefficient (Wildman–Crippen LogP) is 0.347. The summed E-state index contributed by atoms with van der Waals surface area (Å²) in [4.78, 5) is 12.0. The molecule has 0 aromatic rings. The van der Waals surface area contributed by atoms with Crippen molar-refractivity contribution in [3.63, 3.8) is 0 Å². The van der Waals surface area contributed by atoms with Gasteiger partial charge in [0.25, 0.3) is 0 Å². The molecule has 0 amide bonds. The highest BCUT2D eigenvalue weighted by atomic mass is 16.7. The van der Waals surface area contributed by atoms with Gasteiger partial charge in [-0.05, 0) is 44.3 Å². The molecule has 0 unspecified atom stereocenters. The van der Waals surface area contributed by atoms with Gasteiger partial charge in [-0.1, -0.05) is 18.2 Å². The number of hydrogen-bond acceptors (Lipinski definition) is 8. The summed E-state index contributed by atoms with van der Waals surface area (Å²) in [5.41, 5.74) is 2.59. The Balaban J connectivity index is 1.72. The second kappa shape index (κ2) is 9.51. The van der Waals surface area contributed by atoms with E-state index in [1.165, 1.54) is 5.57 Å². The number of fused-ring (bicyclic) bond motifs is 1. The van der Waals surface area contributed by atoms with E-state index >= 15 is 0 Å². The highest BCUT2D eigenvalue weighted by Gasteiger charge is 2.44. The van der Waals surface area contributed by atoms with Crippen molar-refractivity contribution in [2.75, 3.05) is 13.2 Å². The molecule has 3 rings (SSSR count). The van der Waals surface area contributed by atoms with Crippen molar-refractivity contribution in [2.24, 2.45) is 5.92 Å². The molecule has 2 aliphatic heterocycles. The van der Waals surface area contributed by atoms with Crippen molar-refractivity contribution in [1.29, 1.82) is 0 Å². The Labute approximate surface area is 170 Å². The van der Waals surface area contributed by atoms with Crippen LogP contribution in [0, 0.1) is 5.92 Å². The van der Waals surface area contributed by atoms with Gasteiger partial charge in [0.15, 0.2) is 6.29 Å². The minimum absolute atomic E-state index is 0.0861. The lowest BCUT2D eigenvalue weighted by Gasteiger charge is -2.39. The molecule has 0 spiro atoms. The standard InChI is InChI=1S/C21H30O8/c1-11-4-3-5-13(8-15-14(7-6-11)12(2)20(26)28-15)10-27-21-19(25)18(24)17(23)16(9-22)29-21/h4,8,14-19,21-25H,2-3,5-7,9-10H2,1H3/b11-4+,13-8-/t14-,15-,16-,17-,18+,19-,21-/m1/s1. The molecule has 8 heteroatoms. The van der Waals surface area contributed by atoms with E-state index in [4.69, 9.17) is 14.2 Å². The zero-order valence-corrected chi connectivity index (χ0v) is 16.6. The third kappa shape index (κ3) is 4.96. The first-order valence-electron chi connectivity index (χ1n) is 9.99. The van der Waals surface area contributed by atoms with Gasteiger partial charge in [0.05, 0.1) is 13.2 Å². The Hall–Kier alpha value is -1.55. The van der Waals surface area contributed by atoms with Gasteiger partial charge >= 0.3 is 5.97 Å². The van der Waals surface area contributed by atoms with Gasteiger partial charge in [0, 0.05) is 11.5 Å². The maximum Gasteiger partial charge on any atom is 0.334 e. The van der Waals surface area contributed by atoms with Crippen molar-refractivity contribution in [2.45, 2.75) is 69.4 Å². The van der Waals surface area contributed by atoms with E-state index < -0.39 is 43.4 Å². The van der Waals surface area contributed by atoms with Crippen molar-refractivity contribution in [3.05, 3.63) is 35.5 Å². The Morgan fingerprint density at radius 2 is 1.97 bits per heavy atom. The topological polar surface area (TPSA) is 126 Å². The molecule has 1 aliphatic carbocycles. The average molecular weight is 410 g/mol. The third-order valence-corrected chi connectivity index (χ3v) is 5.84. The molecule has 2 heterocycles. The number of esters is 1. The maximum atomic E-state index is 12.0. The zero-order chi connectivity index (χ0) is 21.1.